The summed E-state index contributed by atoms with van der Waals surface area (Å²) in [6, 6.07) is 76.8. The number of aliphatic imine (C=N–C) groups is 3. The Kier molecular flexibility index (Phi) is 37.7. The predicted molar refractivity (Wildman–Crippen MR) is 354 cm³/mol. The summed E-state index contributed by atoms with van der Waals surface area (Å²) >= 11 is 0. The number of aromatic nitrogens is 9. The molecule has 0 spiro atoms. The molecule has 0 unspecified atom stereocenters. The van der Waals surface area contributed by atoms with Crippen molar-refractivity contribution in [1.29, 1.82) is 0 Å². The first-order chi connectivity index (χ1) is 44.6. The molecule has 0 saturated heterocycles. The third-order valence-corrected chi connectivity index (χ3v) is 13.7. The number of pyridine rings is 9. The molecule has 0 aliphatic heterocycles. The summed E-state index contributed by atoms with van der Waals surface area (Å²) in [6.45, 7) is 2.81. The monoisotopic (exact) mass is 1430 g/mol. The van der Waals surface area contributed by atoms with Crippen LogP contribution in [0.1, 0.15) is 68.6 Å². The average molecular weight is 1440 g/mol. The third-order valence-electron chi connectivity index (χ3n) is 13.7. The van der Waals surface area contributed by atoms with Crippen LogP contribution in [0.5, 0.6) is 0 Å². The standard InChI is InChI=1S/3C25H22N4O.4ClH.2Fe/c3*1-2-8-21(9-3-1)25(29-17-22-10-4-6-14-26-22)19-30-18-20-12-13-24(28-16-20)23-11-5-7-15-27-23;;;;;;/h3*1-17,25H,18-19H2;4*1H;;/q;;;;;;;2*+2/p-4/t3*25-;;;;;;/m000....../s1. The van der Waals surface area contributed by atoms with Crippen molar-refractivity contribution in [3.05, 3.63) is 343 Å². The van der Waals surface area contributed by atoms with Crippen molar-refractivity contribution < 1.29 is 98.0 Å². The first-order valence-electron chi connectivity index (χ1n) is 29.4. The van der Waals surface area contributed by atoms with E-state index < -0.39 is 0 Å². The Hall–Kier alpha value is -8.90. The van der Waals surface area contributed by atoms with Crippen molar-refractivity contribution in [2.75, 3.05) is 19.8 Å². The second-order valence-electron chi connectivity index (χ2n) is 20.2. The minimum absolute atomic E-state index is 0. The van der Waals surface area contributed by atoms with Gasteiger partial charge in [0, 0.05) is 74.4 Å². The van der Waals surface area contributed by atoms with Crippen LogP contribution in [-0.2, 0) is 68.2 Å². The van der Waals surface area contributed by atoms with Crippen LogP contribution in [0, 0.1) is 0 Å². The van der Waals surface area contributed by atoms with Crippen molar-refractivity contribution in [1.82, 2.24) is 44.9 Å². The van der Waals surface area contributed by atoms with Crippen molar-refractivity contribution in [3.8, 4) is 34.2 Å². The molecule has 0 fully saturated rings. The normalized spacial score (nSPS) is 11.4. The molecule has 0 aliphatic rings. The molecule has 488 valence electrons. The summed E-state index contributed by atoms with van der Waals surface area (Å²) in [6.07, 6.45) is 21.5. The zero-order valence-electron chi connectivity index (χ0n) is 51.7. The Bertz CT molecular complexity index is 3620. The molecule has 96 heavy (non-hydrogen) atoms. The van der Waals surface area contributed by atoms with Gasteiger partial charge in [0.2, 0.25) is 0 Å². The van der Waals surface area contributed by atoms with Gasteiger partial charge in [0.1, 0.15) is 0 Å². The fourth-order valence-electron chi connectivity index (χ4n) is 8.95. The van der Waals surface area contributed by atoms with Crippen molar-refractivity contribution in [3.63, 3.8) is 0 Å². The molecule has 12 aromatic rings. The number of ether oxygens (including phenoxy) is 3. The van der Waals surface area contributed by atoms with Crippen molar-refractivity contribution in [2.24, 2.45) is 15.0 Å². The van der Waals surface area contributed by atoms with Crippen LogP contribution in [0.2, 0.25) is 0 Å². The van der Waals surface area contributed by atoms with Crippen LogP contribution in [0.3, 0.4) is 0 Å². The molecule has 15 nitrogen and oxygen atoms in total. The summed E-state index contributed by atoms with van der Waals surface area (Å²) in [4.78, 5) is 53.5. The molecular weight excluding hydrogens is 1370 g/mol. The van der Waals surface area contributed by atoms with Gasteiger partial charge in [-0.1, -0.05) is 146 Å². The molecule has 3 aromatic carbocycles. The van der Waals surface area contributed by atoms with Crippen LogP contribution in [0.25, 0.3) is 34.2 Å². The summed E-state index contributed by atoms with van der Waals surface area (Å²) in [7, 11) is 0. The molecule has 0 N–H and O–H groups in total. The molecule has 9 aromatic heterocycles. The van der Waals surface area contributed by atoms with Crippen LogP contribution < -0.4 is 49.6 Å². The minimum atomic E-state index is -0.103. The van der Waals surface area contributed by atoms with Gasteiger partial charge in [-0.15, -0.1) is 0 Å². The van der Waals surface area contributed by atoms with Gasteiger partial charge < -0.3 is 63.8 Å². The summed E-state index contributed by atoms with van der Waals surface area (Å²) < 4.78 is 17.9. The van der Waals surface area contributed by atoms with E-state index in [2.05, 4.69) is 81.3 Å². The van der Waals surface area contributed by atoms with E-state index in [0.717, 1.165) is 84.6 Å². The SMILES string of the molecule is C(=N[C@@H](COCc1ccc(-c2ccccn2)nc1)c1ccccc1)c1ccccn1.C(=N[C@@H](COCc1ccc(-c2ccccn2)nc1)c1ccccc1)c1ccccn1.C(=N[C@@H](COCc1ccc(-c2ccccn2)nc1)c1ccccc1)c1ccccn1.[Cl-].[Cl-].[Cl-].[Cl-].[Fe+2].[Fe+2]. The van der Waals surface area contributed by atoms with Gasteiger partial charge in [-0.2, -0.15) is 0 Å². The maximum Gasteiger partial charge on any atom is 2.00 e. The third kappa shape index (κ3) is 26.7. The topological polar surface area (TPSA) is 181 Å². The second kappa shape index (κ2) is 45.5. The predicted octanol–water partition coefficient (Wildman–Crippen LogP) is 2.76. The maximum atomic E-state index is 5.98. The van der Waals surface area contributed by atoms with E-state index in [1.165, 1.54) is 0 Å². The molecule has 0 radical (unpaired) electrons. The van der Waals surface area contributed by atoms with Crippen molar-refractivity contribution in [2.45, 2.75) is 37.9 Å². The van der Waals surface area contributed by atoms with Gasteiger partial charge >= 0.3 is 34.1 Å². The first-order valence-corrected chi connectivity index (χ1v) is 29.4. The van der Waals surface area contributed by atoms with E-state index in [4.69, 9.17) is 29.2 Å². The molecule has 0 amide bonds. The number of nitrogens with zero attached hydrogens (tertiary/aromatic N) is 12. The summed E-state index contributed by atoms with van der Waals surface area (Å²) in [5, 5.41) is 0. The van der Waals surface area contributed by atoms with Gasteiger partial charge in [-0.25, -0.2) is 0 Å². The van der Waals surface area contributed by atoms with Crippen LogP contribution in [0.15, 0.2) is 307 Å². The minimum Gasteiger partial charge on any atom is -1.00 e. The Labute approximate surface area is 606 Å². The number of halogens is 4. The Morgan fingerprint density at radius 3 is 0.719 bits per heavy atom. The van der Waals surface area contributed by atoms with Gasteiger partial charge in [-0.3, -0.25) is 59.8 Å². The molecule has 9 heterocycles. The van der Waals surface area contributed by atoms with Crippen molar-refractivity contribution >= 4 is 18.6 Å². The Morgan fingerprint density at radius 1 is 0.260 bits per heavy atom. The van der Waals surface area contributed by atoms with Gasteiger partial charge in [-0.05, 0) is 124 Å². The molecular formula is C75H66Cl4Fe2N12O3. The molecule has 0 bridgehead atoms. The van der Waals surface area contributed by atoms with E-state index in [-0.39, 0.29) is 102 Å². The van der Waals surface area contributed by atoms with Gasteiger partial charge in [0.15, 0.2) is 0 Å². The number of hydrogen-bond donors (Lipinski definition) is 0. The Morgan fingerprint density at radius 2 is 0.500 bits per heavy atom. The van der Waals surface area contributed by atoms with E-state index in [1.807, 2.05) is 219 Å². The molecule has 0 aliphatic carbocycles. The van der Waals surface area contributed by atoms with Crippen LogP contribution >= 0.6 is 0 Å². The molecule has 12 rings (SSSR count). The average Bonchev–Trinajstić information content (AvgIpc) is 1.30. The summed E-state index contributed by atoms with van der Waals surface area (Å²) in [5.74, 6) is 0. The fourth-order valence-corrected chi connectivity index (χ4v) is 8.95. The number of hydrogen-bond acceptors (Lipinski definition) is 15. The smallest absolute Gasteiger partial charge is 1.00 e. The zero-order chi connectivity index (χ0) is 61.3. The fraction of sp³-hybridized carbons (Fsp3) is 0.120. The molecule has 3 atom stereocenters. The molecule has 0 saturated carbocycles. The van der Waals surface area contributed by atoms with E-state index in [1.54, 1.807) is 55.8 Å². The van der Waals surface area contributed by atoms with Crippen LogP contribution in [-0.4, -0.2) is 83.3 Å². The van der Waals surface area contributed by atoms with Gasteiger partial charge in [0.05, 0.1) is 109 Å². The van der Waals surface area contributed by atoms with Gasteiger partial charge in [0.25, 0.3) is 0 Å². The van der Waals surface area contributed by atoms with E-state index >= 15 is 0 Å². The zero-order valence-corrected chi connectivity index (χ0v) is 57.0. The number of rotatable bonds is 24. The molecule has 21 heteroatoms. The maximum absolute atomic E-state index is 5.98. The van der Waals surface area contributed by atoms with E-state index in [9.17, 15) is 0 Å². The Balaban J connectivity index is 0.000000297. The first kappa shape index (κ1) is 79.5. The quantitative estimate of drug-likeness (QED) is 0.0639. The number of benzene rings is 3. The van der Waals surface area contributed by atoms with Crippen LogP contribution in [0.4, 0.5) is 0 Å². The second-order valence-corrected chi connectivity index (χ2v) is 20.2. The summed E-state index contributed by atoms with van der Waals surface area (Å²) in [5.41, 5.74) is 13.9. The van der Waals surface area contributed by atoms with E-state index in [0.29, 0.717) is 39.6 Å². The largest absolute Gasteiger partial charge is 2.00 e.